The highest BCUT2D eigenvalue weighted by atomic mass is 16.5. The molecule has 0 radical (unpaired) electrons. The van der Waals surface area contributed by atoms with Crippen molar-refractivity contribution in [2.45, 2.75) is 20.3 Å². The van der Waals surface area contributed by atoms with Crippen LogP contribution < -0.4 is 10.1 Å². The number of carbonyl (C=O) groups excluding carboxylic acids is 1. The zero-order chi connectivity index (χ0) is 20.4. The summed E-state index contributed by atoms with van der Waals surface area (Å²) in [7, 11) is 1.59. The second-order valence-corrected chi connectivity index (χ2v) is 6.97. The minimum atomic E-state index is -0.172. The number of aryl methyl sites for hydroxylation is 2. The first-order valence-electron chi connectivity index (χ1n) is 9.62. The van der Waals surface area contributed by atoms with E-state index in [4.69, 9.17) is 9.72 Å². The van der Waals surface area contributed by atoms with Crippen molar-refractivity contribution in [3.8, 4) is 17.0 Å². The van der Waals surface area contributed by atoms with E-state index in [1.807, 2.05) is 78.3 Å². The van der Waals surface area contributed by atoms with Crippen LogP contribution in [0.2, 0.25) is 0 Å². The van der Waals surface area contributed by atoms with Gasteiger partial charge in [-0.05, 0) is 60.9 Å². The quantitative estimate of drug-likeness (QED) is 0.518. The van der Waals surface area contributed by atoms with Gasteiger partial charge in [-0.1, -0.05) is 25.1 Å². The highest BCUT2D eigenvalue weighted by molar-refractivity contribution is 6.05. The van der Waals surface area contributed by atoms with Gasteiger partial charge in [0.1, 0.15) is 11.4 Å². The van der Waals surface area contributed by atoms with Crippen molar-refractivity contribution in [1.29, 1.82) is 0 Å². The summed E-state index contributed by atoms with van der Waals surface area (Å²) in [6, 6.07) is 17.4. The molecule has 0 saturated heterocycles. The molecule has 0 saturated carbocycles. The van der Waals surface area contributed by atoms with Gasteiger partial charge in [-0.2, -0.15) is 0 Å². The summed E-state index contributed by atoms with van der Waals surface area (Å²) >= 11 is 0. The molecule has 0 aliphatic carbocycles. The number of hydrogen-bond acceptors (Lipinski definition) is 3. The van der Waals surface area contributed by atoms with Crippen LogP contribution in [0, 0.1) is 6.92 Å². The molecule has 0 aliphatic heterocycles. The topological polar surface area (TPSA) is 55.6 Å². The summed E-state index contributed by atoms with van der Waals surface area (Å²) in [5.74, 6) is 0.432. The summed E-state index contributed by atoms with van der Waals surface area (Å²) in [5, 5.41) is 2.97. The number of anilines is 1. The predicted octanol–water partition coefficient (Wildman–Crippen LogP) is 5.13. The van der Waals surface area contributed by atoms with E-state index in [0.29, 0.717) is 17.0 Å². The summed E-state index contributed by atoms with van der Waals surface area (Å²) in [5.41, 5.74) is 6.19. The Morgan fingerprint density at radius 1 is 1.14 bits per heavy atom. The highest BCUT2D eigenvalue weighted by Crippen LogP contribution is 2.31. The van der Waals surface area contributed by atoms with E-state index in [1.165, 1.54) is 5.56 Å². The largest absolute Gasteiger partial charge is 0.495 e. The summed E-state index contributed by atoms with van der Waals surface area (Å²) < 4.78 is 7.45. The van der Waals surface area contributed by atoms with Crippen molar-refractivity contribution in [2.24, 2.45) is 0 Å². The number of nitrogens with one attached hydrogen (secondary N) is 1. The van der Waals surface area contributed by atoms with Gasteiger partial charge >= 0.3 is 0 Å². The molecule has 146 valence electrons. The Balaban J connectivity index is 1.67. The molecule has 2 aromatic carbocycles. The van der Waals surface area contributed by atoms with Crippen molar-refractivity contribution in [2.75, 3.05) is 12.4 Å². The smallest absolute Gasteiger partial charge is 0.255 e. The first-order chi connectivity index (χ1) is 14.1. The Morgan fingerprint density at radius 2 is 1.93 bits per heavy atom. The van der Waals surface area contributed by atoms with Crippen LogP contribution in [0.25, 0.3) is 16.9 Å². The van der Waals surface area contributed by atoms with Gasteiger partial charge in [-0.25, -0.2) is 4.98 Å². The monoisotopic (exact) mass is 385 g/mol. The van der Waals surface area contributed by atoms with Crippen LogP contribution in [-0.4, -0.2) is 22.4 Å². The molecule has 0 spiro atoms. The molecule has 29 heavy (non-hydrogen) atoms. The third-order valence-corrected chi connectivity index (χ3v) is 5.05. The Labute approximate surface area is 170 Å². The van der Waals surface area contributed by atoms with E-state index in [0.717, 1.165) is 28.9 Å². The zero-order valence-electron chi connectivity index (χ0n) is 16.8. The Bertz CT molecular complexity index is 1180. The number of hydrogen-bond donors (Lipinski definition) is 1. The first kappa shape index (κ1) is 18.7. The third kappa shape index (κ3) is 3.72. The third-order valence-electron chi connectivity index (χ3n) is 5.05. The van der Waals surface area contributed by atoms with Crippen LogP contribution in [-0.2, 0) is 6.42 Å². The summed E-state index contributed by atoms with van der Waals surface area (Å²) in [6.07, 6.45) is 4.90. The van der Waals surface area contributed by atoms with E-state index in [1.54, 1.807) is 7.11 Å². The Morgan fingerprint density at radius 3 is 2.62 bits per heavy atom. The molecule has 4 rings (SSSR count). The number of pyridine rings is 1. The fourth-order valence-corrected chi connectivity index (χ4v) is 3.34. The van der Waals surface area contributed by atoms with Crippen LogP contribution >= 0.6 is 0 Å². The number of aromatic nitrogens is 2. The van der Waals surface area contributed by atoms with Crippen LogP contribution in [0.1, 0.15) is 28.4 Å². The van der Waals surface area contributed by atoms with Gasteiger partial charge < -0.3 is 14.5 Å². The maximum atomic E-state index is 12.7. The molecule has 5 heteroatoms. The van der Waals surface area contributed by atoms with Crippen LogP contribution in [0.4, 0.5) is 5.69 Å². The summed E-state index contributed by atoms with van der Waals surface area (Å²) in [6.45, 7) is 4.13. The molecule has 0 aliphatic rings. The lowest BCUT2D eigenvalue weighted by Crippen LogP contribution is -2.12. The Kier molecular flexibility index (Phi) is 5.04. The van der Waals surface area contributed by atoms with E-state index >= 15 is 0 Å². The fourth-order valence-electron chi connectivity index (χ4n) is 3.34. The fraction of sp³-hybridized carbons (Fsp3) is 0.167. The molecule has 0 bridgehead atoms. The van der Waals surface area contributed by atoms with Crippen molar-refractivity contribution >= 4 is 17.2 Å². The van der Waals surface area contributed by atoms with E-state index in [-0.39, 0.29) is 5.91 Å². The number of carbonyl (C=O) groups is 1. The molecule has 0 atom stereocenters. The number of ether oxygens (including phenoxy) is 1. The van der Waals surface area contributed by atoms with Crippen LogP contribution in [0.5, 0.6) is 5.75 Å². The SMILES string of the molecule is CCc1ccc(C(=O)Nc2cc(-c3cn4cccc(C)c4n3)ccc2OC)cc1. The van der Waals surface area contributed by atoms with Crippen molar-refractivity contribution in [3.63, 3.8) is 0 Å². The van der Waals surface area contributed by atoms with Crippen molar-refractivity contribution < 1.29 is 9.53 Å². The maximum absolute atomic E-state index is 12.7. The summed E-state index contributed by atoms with van der Waals surface area (Å²) in [4.78, 5) is 17.5. The van der Waals surface area contributed by atoms with Crippen molar-refractivity contribution in [3.05, 3.63) is 83.7 Å². The van der Waals surface area contributed by atoms with Gasteiger partial charge in [0.05, 0.1) is 18.5 Å². The van der Waals surface area contributed by atoms with Gasteiger partial charge in [0.15, 0.2) is 0 Å². The Hall–Kier alpha value is -3.60. The average molecular weight is 385 g/mol. The molecule has 4 aromatic rings. The zero-order valence-corrected chi connectivity index (χ0v) is 16.8. The number of fused-ring (bicyclic) bond motifs is 1. The molecule has 1 N–H and O–H groups in total. The number of rotatable bonds is 5. The lowest BCUT2D eigenvalue weighted by atomic mass is 10.1. The van der Waals surface area contributed by atoms with Gasteiger partial charge in [0.25, 0.3) is 5.91 Å². The van der Waals surface area contributed by atoms with Gasteiger partial charge in [-0.15, -0.1) is 0 Å². The maximum Gasteiger partial charge on any atom is 0.255 e. The average Bonchev–Trinajstić information content (AvgIpc) is 3.19. The number of imidazole rings is 1. The lowest BCUT2D eigenvalue weighted by molar-refractivity contribution is 0.102. The first-order valence-corrected chi connectivity index (χ1v) is 9.62. The van der Waals surface area contributed by atoms with Crippen LogP contribution in [0.15, 0.2) is 67.0 Å². The molecule has 5 nitrogen and oxygen atoms in total. The number of methoxy groups -OCH3 is 1. The van der Waals surface area contributed by atoms with Gasteiger partial charge in [0, 0.05) is 23.5 Å². The van der Waals surface area contributed by atoms with E-state index in [9.17, 15) is 4.79 Å². The lowest BCUT2D eigenvalue weighted by Gasteiger charge is -2.12. The standard InChI is InChI=1S/C24H23N3O2/c1-4-17-7-9-18(10-8-17)24(28)26-20-14-19(11-12-22(20)29-3)21-15-27-13-5-6-16(2)23(27)25-21/h5-15H,4H2,1-3H3,(H,26,28). The minimum absolute atomic E-state index is 0.172. The van der Waals surface area contributed by atoms with Gasteiger partial charge in [-0.3, -0.25) is 4.79 Å². The molecular formula is C24H23N3O2. The second kappa shape index (κ2) is 7.80. The van der Waals surface area contributed by atoms with Crippen molar-refractivity contribution in [1.82, 2.24) is 9.38 Å². The van der Waals surface area contributed by atoms with Gasteiger partial charge in [0.2, 0.25) is 0 Å². The number of amides is 1. The number of benzene rings is 2. The molecule has 2 heterocycles. The second-order valence-electron chi connectivity index (χ2n) is 6.97. The predicted molar refractivity (Wildman–Crippen MR) is 116 cm³/mol. The molecule has 2 aromatic heterocycles. The molecule has 0 fully saturated rings. The normalized spacial score (nSPS) is 10.9. The number of nitrogens with zero attached hydrogens (tertiary/aromatic N) is 2. The van der Waals surface area contributed by atoms with Crippen LogP contribution in [0.3, 0.4) is 0 Å². The van der Waals surface area contributed by atoms with E-state index in [2.05, 4.69) is 12.2 Å². The highest BCUT2D eigenvalue weighted by Gasteiger charge is 2.13. The molecule has 0 unspecified atom stereocenters. The molecular weight excluding hydrogens is 362 g/mol. The van der Waals surface area contributed by atoms with E-state index < -0.39 is 0 Å². The molecule has 1 amide bonds. The minimum Gasteiger partial charge on any atom is -0.495 e.